The van der Waals surface area contributed by atoms with Gasteiger partial charge in [-0.2, -0.15) is 0 Å². The number of amides is 1. The molecule has 1 heterocycles. The maximum atomic E-state index is 12.5. The minimum atomic E-state index is -0.874. The van der Waals surface area contributed by atoms with E-state index in [1.807, 2.05) is 6.92 Å². The molecule has 102 valence electrons. The standard InChI is InChI=1S/C13H21NO4/c1-13(4-2-3-5-13)12(17)14-6-7-18-10(9-14)8-11(15)16/h10H,2-9H2,1H3,(H,15,16)/t10-/m0/s1. The summed E-state index contributed by atoms with van der Waals surface area (Å²) in [5, 5.41) is 8.77. The Labute approximate surface area is 107 Å². The fourth-order valence-corrected chi connectivity index (χ4v) is 2.97. The number of hydrogen-bond acceptors (Lipinski definition) is 3. The van der Waals surface area contributed by atoms with Gasteiger partial charge < -0.3 is 14.7 Å². The van der Waals surface area contributed by atoms with Crippen LogP contribution in [0.3, 0.4) is 0 Å². The van der Waals surface area contributed by atoms with E-state index >= 15 is 0 Å². The molecular formula is C13H21NO4. The number of hydrogen-bond donors (Lipinski definition) is 1. The first kappa shape index (κ1) is 13.3. The van der Waals surface area contributed by atoms with Crippen molar-refractivity contribution in [3.05, 3.63) is 0 Å². The first-order valence-corrected chi connectivity index (χ1v) is 6.64. The Hall–Kier alpha value is -1.10. The lowest BCUT2D eigenvalue weighted by Crippen LogP contribution is -2.50. The molecule has 1 N–H and O–H groups in total. The smallest absolute Gasteiger partial charge is 0.306 e. The number of ether oxygens (including phenoxy) is 1. The molecule has 5 nitrogen and oxygen atoms in total. The lowest BCUT2D eigenvalue weighted by molar-refractivity contribution is -0.153. The molecule has 2 rings (SSSR count). The first-order chi connectivity index (χ1) is 8.51. The van der Waals surface area contributed by atoms with Gasteiger partial charge in [0.1, 0.15) is 0 Å². The summed E-state index contributed by atoms with van der Waals surface area (Å²) in [5.41, 5.74) is -0.231. The van der Waals surface area contributed by atoms with Crippen molar-refractivity contribution in [1.82, 2.24) is 4.90 Å². The van der Waals surface area contributed by atoms with Crippen molar-refractivity contribution >= 4 is 11.9 Å². The first-order valence-electron chi connectivity index (χ1n) is 6.64. The van der Waals surface area contributed by atoms with Gasteiger partial charge in [0, 0.05) is 18.5 Å². The summed E-state index contributed by atoms with van der Waals surface area (Å²) in [4.78, 5) is 25.0. The minimum absolute atomic E-state index is 0.0273. The molecule has 1 aliphatic carbocycles. The van der Waals surface area contributed by atoms with Gasteiger partial charge >= 0.3 is 5.97 Å². The van der Waals surface area contributed by atoms with Crippen LogP contribution in [-0.4, -0.2) is 47.7 Å². The molecule has 1 atom stereocenters. The van der Waals surface area contributed by atoms with Crippen molar-refractivity contribution in [2.45, 2.75) is 45.1 Å². The van der Waals surface area contributed by atoms with E-state index in [2.05, 4.69) is 0 Å². The molecule has 1 saturated heterocycles. The molecular weight excluding hydrogens is 234 g/mol. The van der Waals surface area contributed by atoms with Gasteiger partial charge in [-0.15, -0.1) is 0 Å². The van der Waals surface area contributed by atoms with E-state index in [1.54, 1.807) is 4.90 Å². The summed E-state index contributed by atoms with van der Waals surface area (Å²) < 4.78 is 5.39. The van der Waals surface area contributed by atoms with Crippen LogP contribution in [0.2, 0.25) is 0 Å². The summed E-state index contributed by atoms with van der Waals surface area (Å²) in [6.45, 7) is 3.48. The zero-order valence-electron chi connectivity index (χ0n) is 10.9. The van der Waals surface area contributed by atoms with Gasteiger partial charge in [0.05, 0.1) is 19.1 Å². The second-order valence-corrected chi connectivity index (χ2v) is 5.61. The van der Waals surface area contributed by atoms with Crippen LogP contribution in [-0.2, 0) is 14.3 Å². The Morgan fingerprint density at radius 2 is 2.06 bits per heavy atom. The SMILES string of the molecule is CC1(C(=O)N2CCO[C@@H](CC(=O)O)C2)CCCC1. The van der Waals surface area contributed by atoms with E-state index in [4.69, 9.17) is 9.84 Å². The molecule has 1 saturated carbocycles. The van der Waals surface area contributed by atoms with E-state index in [1.165, 1.54) is 0 Å². The maximum Gasteiger partial charge on any atom is 0.306 e. The topological polar surface area (TPSA) is 66.8 Å². The molecule has 0 aromatic rings. The van der Waals surface area contributed by atoms with E-state index < -0.39 is 5.97 Å². The molecule has 2 fully saturated rings. The van der Waals surface area contributed by atoms with Crippen LogP contribution in [0.1, 0.15) is 39.0 Å². The molecule has 1 aliphatic heterocycles. The molecule has 0 spiro atoms. The molecule has 18 heavy (non-hydrogen) atoms. The lowest BCUT2D eigenvalue weighted by atomic mass is 9.87. The zero-order valence-corrected chi connectivity index (χ0v) is 10.9. The Morgan fingerprint density at radius 1 is 1.39 bits per heavy atom. The number of aliphatic carboxylic acids is 1. The number of rotatable bonds is 3. The predicted octanol–water partition coefficient (Wildman–Crippen LogP) is 1.27. The molecule has 0 radical (unpaired) electrons. The molecule has 5 heteroatoms. The molecule has 0 aromatic carbocycles. The molecule has 2 aliphatic rings. The molecule has 1 amide bonds. The van der Waals surface area contributed by atoms with Gasteiger partial charge in [-0.1, -0.05) is 19.8 Å². The Bertz CT molecular complexity index is 336. The fraction of sp³-hybridized carbons (Fsp3) is 0.846. The number of carboxylic acid groups (broad SMARTS) is 1. The van der Waals surface area contributed by atoms with Gasteiger partial charge in [-0.25, -0.2) is 0 Å². The Kier molecular flexibility index (Phi) is 3.90. The molecule has 0 unspecified atom stereocenters. The van der Waals surface area contributed by atoms with Crippen molar-refractivity contribution < 1.29 is 19.4 Å². The van der Waals surface area contributed by atoms with E-state index in [0.29, 0.717) is 19.7 Å². The van der Waals surface area contributed by atoms with E-state index in [9.17, 15) is 9.59 Å². The van der Waals surface area contributed by atoms with Crippen LogP contribution < -0.4 is 0 Å². The highest BCUT2D eigenvalue weighted by molar-refractivity contribution is 5.82. The fourth-order valence-electron chi connectivity index (χ4n) is 2.97. The summed E-state index contributed by atoms with van der Waals surface area (Å²) >= 11 is 0. The van der Waals surface area contributed by atoms with Crippen molar-refractivity contribution in [1.29, 1.82) is 0 Å². The summed E-state index contributed by atoms with van der Waals surface area (Å²) in [6.07, 6.45) is 3.75. The molecule has 0 aromatic heterocycles. The van der Waals surface area contributed by atoms with Gasteiger partial charge in [0.2, 0.25) is 5.91 Å². The van der Waals surface area contributed by atoms with Crippen LogP contribution in [0.25, 0.3) is 0 Å². The Morgan fingerprint density at radius 3 is 2.67 bits per heavy atom. The van der Waals surface area contributed by atoms with Crippen LogP contribution in [0.15, 0.2) is 0 Å². The number of nitrogens with zero attached hydrogens (tertiary/aromatic N) is 1. The minimum Gasteiger partial charge on any atom is -0.481 e. The van der Waals surface area contributed by atoms with E-state index in [0.717, 1.165) is 25.7 Å². The monoisotopic (exact) mass is 255 g/mol. The van der Waals surface area contributed by atoms with Gasteiger partial charge in [0.15, 0.2) is 0 Å². The van der Waals surface area contributed by atoms with Crippen LogP contribution in [0, 0.1) is 5.41 Å². The number of carbonyl (C=O) groups is 2. The van der Waals surface area contributed by atoms with Crippen molar-refractivity contribution in [2.75, 3.05) is 19.7 Å². The third-order valence-corrected chi connectivity index (χ3v) is 4.05. The summed E-state index contributed by atoms with van der Waals surface area (Å²) in [7, 11) is 0. The average Bonchev–Trinajstić information content (AvgIpc) is 2.76. The van der Waals surface area contributed by atoms with Crippen molar-refractivity contribution in [2.24, 2.45) is 5.41 Å². The predicted molar refractivity (Wildman–Crippen MR) is 65.1 cm³/mol. The second-order valence-electron chi connectivity index (χ2n) is 5.61. The number of morpholine rings is 1. The van der Waals surface area contributed by atoms with Crippen LogP contribution >= 0.6 is 0 Å². The highest BCUT2D eigenvalue weighted by Crippen LogP contribution is 2.39. The zero-order chi connectivity index (χ0) is 13.2. The summed E-state index contributed by atoms with van der Waals surface area (Å²) in [6, 6.07) is 0. The largest absolute Gasteiger partial charge is 0.481 e. The van der Waals surface area contributed by atoms with E-state index in [-0.39, 0.29) is 23.8 Å². The third kappa shape index (κ3) is 2.83. The highest BCUT2D eigenvalue weighted by Gasteiger charge is 2.40. The third-order valence-electron chi connectivity index (χ3n) is 4.05. The van der Waals surface area contributed by atoms with Gasteiger partial charge in [-0.3, -0.25) is 9.59 Å². The van der Waals surface area contributed by atoms with Crippen molar-refractivity contribution in [3.8, 4) is 0 Å². The number of carbonyl (C=O) groups excluding carboxylic acids is 1. The lowest BCUT2D eigenvalue weighted by Gasteiger charge is -2.37. The maximum absolute atomic E-state index is 12.5. The van der Waals surface area contributed by atoms with Gasteiger partial charge in [0.25, 0.3) is 0 Å². The van der Waals surface area contributed by atoms with Crippen molar-refractivity contribution in [3.63, 3.8) is 0 Å². The number of carboxylic acids is 1. The Balaban J connectivity index is 1.95. The second kappa shape index (κ2) is 5.26. The molecule has 0 bridgehead atoms. The quantitative estimate of drug-likeness (QED) is 0.824. The van der Waals surface area contributed by atoms with Crippen LogP contribution in [0.5, 0.6) is 0 Å². The summed E-state index contributed by atoms with van der Waals surface area (Å²) in [5.74, 6) is -0.694. The average molecular weight is 255 g/mol. The highest BCUT2D eigenvalue weighted by atomic mass is 16.5. The van der Waals surface area contributed by atoms with Gasteiger partial charge in [-0.05, 0) is 12.8 Å². The van der Waals surface area contributed by atoms with Crippen LogP contribution in [0.4, 0.5) is 0 Å². The normalized spacial score (nSPS) is 27.2.